The second-order valence-electron chi connectivity index (χ2n) is 7.77. The van der Waals surface area contributed by atoms with Crippen molar-refractivity contribution in [3.63, 3.8) is 0 Å². The lowest BCUT2D eigenvalue weighted by atomic mass is 10.1. The van der Waals surface area contributed by atoms with Gasteiger partial charge in [-0.1, -0.05) is 0 Å². The van der Waals surface area contributed by atoms with Gasteiger partial charge in [0.05, 0.1) is 40.5 Å². The van der Waals surface area contributed by atoms with Crippen molar-refractivity contribution in [1.82, 2.24) is 9.80 Å². The van der Waals surface area contributed by atoms with Crippen LogP contribution < -0.4 is 24.3 Å². The van der Waals surface area contributed by atoms with Crippen molar-refractivity contribution in [2.45, 2.75) is 6.42 Å². The minimum absolute atomic E-state index is 0.0640. The first-order chi connectivity index (χ1) is 15.9. The number of hydrogen-bond acceptors (Lipinski definition) is 7. The number of carbonyl (C=O) groups is 2. The van der Waals surface area contributed by atoms with Crippen LogP contribution in [0.4, 0.5) is 5.69 Å². The molecule has 33 heavy (non-hydrogen) atoms. The zero-order valence-electron chi connectivity index (χ0n) is 19.8. The number of methoxy groups -OCH3 is 4. The Morgan fingerprint density at radius 2 is 1.45 bits per heavy atom. The molecule has 9 nitrogen and oxygen atoms in total. The first-order valence-corrected chi connectivity index (χ1v) is 10.6. The van der Waals surface area contributed by atoms with E-state index in [2.05, 4.69) is 10.2 Å². The molecule has 0 saturated carbocycles. The Bertz CT molecular complexity index is 977. The molecular formula is C24H31N3O6. The number of anilines is 1. The van der Waals surface area contributed by atoms with Crippen molar-refractivity contribution in [2.75, 3.05) is 67.0 Å². The van der Waals surface area contributed by atoms with Crippen molar-refractivity contribution >= 4 is 17.5 Å². The first kappa shape index (κ1) is 24.2. The van der Waals surface area contributed by atoms with Gasteiger partial charge < -0.3 is 34.1 Å². The standard InChI is InChI=1S/C24H31N3O6/c1-26-8-10-27(11-9-26)24(29)17-6-7-19(30-2)18(15-17)25-22(28)14-16-12-20(31-3)23(33-5)21(13-16)32-4/h6-7,12-13,15H,8-11,14H2,1-5H3,(H,25,28). The fraction of sp³-hybridized carbons (Fsp3) is 0.417. The van der Waals surface area contributed by atoms with Crippen molar-refractivity contribution in [3.8, 4) is 23.0 Å². The average molecular weight is 458 g/mol. The van der Waals surface area contributed by atoms with Gasteiger partial charge in [-0.05, 0) is 42.9 Å². The minimum atomic E-state index is -0.272. The number of likely N-dealkylation sites (N-methyl/N-ethyl adjacent to an activating group) is 1. The van der Waals surface area contributed by atoms with Gasteiger partial charge >= 0.3 is 0 Å². The molecule has 0 aromatic heterocycles. The summed E-state index contributed by atoms with van der Waals surface area (Å²) in [5.74, 6) is 1.54. The predicted octanol–water partition coefficient (Wildman–Crippen LogP) is 2.29. The molecule has 1 aliphatic heterocycles. The van der Waals surface area contributed by atoms with Gasteiger partial charge in [-0.3, -0.25) is 9.59 Å². The molecule has 2 amide bonds. The number of nitrogens with zero attached hydrogens (tertiary/aromatic N) is 2. The number of ether oxygens (including phenoxy) is 4. The van der Waals surface area contributed by atoms with Gasteiger partial charge in [-0.15, -0.1) is 0 Å². The van der Waals surface area contributed by atoms with Gasteiger partial charge in [-0.25, -0.2) is 0 Å². The normalized spacial score (nSPS) is 13.9. The highest BCUT2D eigenvalue weighted by Gasteiger charge is 2.22. The highest BCUT2D eigenvalue weighted by atomic mass is 16.5. The number of benzene rings is 2. The first-order valence-electron chi connectivity index (χ1n) is 10.6. The summed E-state index contributed by atoms with van der Waals surface area (Å²) in [6.07, 6.45) is 0.0660. The van der Waals surface area contributed by atoms with Crippen LogP contribution in [0.3, 0.4) is 0 Å². The average Bonchev–Trinajstić information content (AvgIpc) is 2.83. The second-order valence-corrected chi connectivity index (χ2v) is 7.77. The Morgan fingerprint density at radius 3 is 2.00 bits per heavy atom. The van der Waals surface area contributed by atoms with E-state index in [0.29, 0.717) is 52.9 Å². The SMILES string of the molecule is COc1ccc(C(=O)N2CCN(C)CC2)cc1NC(=O)Cc1cc(OC)c(OC)c(OC)c1. The molecule has 0 atom stereocenters. The lowest BCUT2D eigenvalue weighted by molar-refractivity contribution is -0.115. The highest BCUT2D eigenvalue weighted by molar-refractivity contribution is 5.99. The Morgan fingerprint density at radius 1 is 0.848 bits per heavy atom. The fourth-order valence-electron chi connectivity index (χ4n) is 3.75. The monoisotopic (exact) mass is 457 g/mol. The molecule has 1 fully saturated rings. The number of carbonyl (C=O) groups excluding carboxylic acids is 2. The molecule has 2 aromatic carbocycles. The van der Waals surface area contributed by atoms with Gasteiger partial charge in [0.1, 0.15) is 5.75 Å². The molecule has 1 heterocycles. The van der Waals surface area contributed by atoms with Gasteiger partial charge in [0.15, 0.2) is 11.5 Å². The fourth-order valence-corrected chi connectivity index (χ4v) is 3.75. The Labute approximate surface area is 194 Å². The summed E-state index contributed by atoms with van der Waals surface area (Å²) in [5.41, 5.74) is 1.63. The smallest absolute Gasteiger partial charge is 0.254 e. The third-order valence-corrected chi connectivity index (χ3v) is 5.60. The van der Waals surface area contributed by atoms with E-state index in [0.717, 1.165) is 13.1 Å². The largest absolute Gasteiger partial charge is 0.495 e. The maximum atomic E-state index is 13.0. The molecule has 3 rings (SSSR count). The Hall–Kier alpha value is -3.46. The van der Waals surface area contributed by atoms with Crippen molar-refractivity contribution < 1.29 is 28.5 Å². The summed E-state index contributed by atoms with van der Waals surface area (Å²) in [4.78, 5) is 29.8. The summed E-state index contributed by atoms with van der Waals surface area (Å²) in [6, 6.07) is 8.52. The maximum Gasteiger partial charge on any atom is 0.254 e. The van der Waals surface area contributed by atoms with Gasteiger partial charge in [-0.2, -0.15) is 0 Å². The van der Waals surface area contributed by atoms with Crippen LogP contribution in [0.2, 0.25) is 0 Å². The third-order valence-electron chi connectivity index (χ3n) is 5.60. The van der Waals surface area contributed by atoms with E-state index >= 15 is 0 Å². The second kappa shape index (κ2) is 10.9. The van der Waals surface area contributed by atoms with Crippen LogP contribution in [0.25, 0.3) is 0 Å². The lowest BCUT2D eigenvalue weighted by Crippen LogP contribution is -2.47. The molecule has 2 aromatic rings. The van der Waals surface area contributed by atoms with Gasteiger partial charge in [0.25, 0.3) is 5.91 Å². The molecule has 0 aliphatic carbocycles. The van der Waals surface area contributed by atoms with Crippen molar-refractivity contribution in [3.05, 3.63) is 41.5 Å². The van der Waals surface area contributed by atoms with Gasteiger partial charge in [0.2, 0.25) is 11.7 Å². The quantitative estimate of drug-likeness (QED) is 0.651. The summed E-state index contributed by atoms with van der Waals surface area (Å²) < 4.78 is 21.4. The summed E-state index contributed by atoms with van der Waals surface area (Å²) in [6.45, 7) is 3.01. The van der Waals surface area contributed by atoms with E-state index in [1.165, 1.54) is 28.4 Å². The molecule has 178 valence electrons. The summed E-state index contributed by atoms with van der Waals surface area (Å²) >= 11 is 0. The number of hydrogen-bond donors (Lipinski definition) is 1. The number of rotatable bonds is 8. The summed E-state index contributed by atoms with van der Waals surface area (Å²) in [7, 11) is 8.13. The highest BCUT2D eigenvalue weighted by Crippen LogP contribution is 2.38. The van der Waals surface area contributed by atoms with Crippen LogP contribution in [0.15, 0.2) is 30.3 Å². The van der Waals surface area contributed by atoms with Crippen LogP contribution in [-0.2, 0) is 11.2 Å². The lowest BCUT2D eigenvalue weighted by Gasteiger charge is -2.32. The third kappa shape index (κ3) is 5.67. The molecule has 0 bridgehead atoms. The molecule has 9 heteroatoms. The molecule has 0 spiro atoms. The molecule has 1 N–H and O–H groups in total. The van der Waals surface area contributed by atoms with Crippen molar-refractivity contribution in [2.24, 2.45) is 0 Å². The number of piperazine rings is 1. The zero-order valence-corrected chi connectivity index (χ0v) is 19.8. The molecule has 1 saturated heterocycles. The predicted molar refractivity (Wildman–Crippen MR) is 125 cm³/mol. The van der Waals surface area contributed by atoms with Crippen molar-refractivity contribution in [1.29, 1.82) is 0 Å². The van der Waals surface area contributed by atoms with Crippen LogP contribution in [0.5, 0.6) is 23.0 Å². The van der Waals surface area contributed by atoms with Crippen LogP contribution in [0.1, 0.15) is 15.9 Å². The Kier molecular flexibility index (Phi) is 8.00. The molecule has 0 unspecified atom stereocenters. The number of nitrogens with one attached hydrogen (secondary N) is 1. The summed E-state index contributed by atoms with van der Waals surface area (Å²) in [5, 5.41) is 2.86. The molecular weight excluding hydrogens is 426 g/mol. The van der Waals surface area contributed by atoms with E-state index in [1.807, 2.05) is 11.9 Å². The maximum absolute atomic E-state index is 13.0. The number of amides is 2. The minimum Gasteiger partial charge on any atom is -0.495 e. The molecule has 1 aliphatic rings. The van der Waals surface area contributed by atoms with Crippen LogP contribution >= 0.6 is 0 Å². The van der Waals surface area contributed by atoms with E-state index in [9.17, 15) is 9.59 Å². The molecule has 0 radical (unpaired) electrons. The van der Waals surface area contributed by atoms with Crippen LogP contribution in [0, 0.1) is 0 Å². The van der Waals surface area contributed by atoms with E-state index in [4.69, 9.17) is 18.9 Å². The van der Waals surface area contributed by atoms with Gasteiger partial charge in [0, 0.05) is 31.7 Å². The van der Waals surface area contributed by atoms with E-state index in [1.54, 1.807) is 30.3 Å². The Balaban J connectivity index is 1.77. The zero-order chi connectivity index (χ0) is 24.0. The van der Waals surface area contributed by atoms with E-state index < -0.39 is 0 Å². The topological polar surface area (TPSA) is 89.6 Å². The van der Waals surface area contributed by atoms with E-state index in [-0.39, 0.29) is 18.2 Å². The van der Waals surface area contributed by atoms with Crippen LogP contribution in [-0.4, -0.2) is 83.3 Å².